The molecule has 0 aromatic heterocycles. The molecule has 6 heteroatoms. The second-order valence-corrected chi connectivity index (χ2v) is 4.80. The monoisotopic (exact) mass is 338 g/mol. The molecule has 0 saturated heterocycles. The van der Waals surface area contributed by atoms with Crippen LogP contribution in [0.25, 0.3) is 0 Å². The summed E-state index contributed by atoms with van der Waals surface area (Å²) in [5.74, 6) is -1.36. The molecule has 0 saturated carbocycles. The third kappa shape index (κ3) is 12.2. The molecule has 0 bridgehead atoms. The highest BCUT2D eigenvalue weighted by molar-refractivity contribution is 5.72. The molecular formula is C18H26O6. The molecule has 24 heavy (non-hydrogen) atoms. The molecule has 0 aromatic carbocycles. The van der Waals surface area contributed by atoms with Gasteiger partial charge in [0.1, 0.15) is 13.2 Å². The van der Waals surface area contributed by atoms with Crippen LogP contribution in [0.5, 0.6) is 0 Å². The average molecular weight is 338 g/mol. The SMILES string of the molecule is CC=CCC(=O)OCC(COC(=O)CC=CC)OC(=O)CC=CC. The molecule has 0 amide bonds. The van der Waals surface area contributed by atoms with Gasteiger partial charge in [-0.05, 0) is 20.8 Å². The highest BCUT2D eigenvalue weighted by Gasteiger charge is 2.18. The molecule has 0 heterocycles. The number of carbonyl (C=O) groups excluding carboxylic acids is 3. The van der Waals surface area contributed by atoms with Crippen molar-refractivity contribution < 1.29 is 28.6 Å². The van der Waals surface area contributed by atoms with Crippen molar-refractivity contribution in [2.45, 2.75) is 46.1 Å². The summed E-state index contributed by atoms with van der Waals surface area (Å²) >= 11 is 0. The van der Waals surface area contributed by atoms with Crippen LogP contribution in [0.1, 0.15) is 40.0 Å². The summed E-state index contributed by atoms with van der Waals surface area (Å²) in [6.45, 7) is 5.06. The Bertz CT molecular complexity index is 446. The number of ether oxygens (including phenoxy) is 3. The number of hydrogen-bond acceptors (Lipinski definition) is 6. The number of carbonyl (C=O) groups is 3. The quantitative estimate of drug-likeness (QED) is 0.327. The minimum absolute atomic E-state index is 0.103. The molecule has 0 unspecified atom stereocenters. The highest BCUT2D eigenvalue weighted by atomic mass is 16.6. The lowest BCUT2D eigenvalue weighted by Crippen LogP contribution is -2.30. The summed E-state index contributed by atoms with van der Waals surface area (Å²) in [7, 11) is 0. The van der Waals surface area contributed by atoms with Gasteiger partial charge in [-0.25, -0.2) is 0 Å². The first kappa shape index (κ1) is 21.6. The van der Waals surface area contributed by atoms with Crippen molar-refractivity contribution in [1.82, 2.24) is 0 Å². The number of esters is 3. The van der Waals surface area contributed by atoms with Crippen molar-refractivity contribution in [1.29, 1.82) is 0 Å². The first-order valence-corrected chi connectivity index (χ1v) is 7.87. The van der Waals surface area contributed by atoms with Crippen LogP contribution in [0.4, 0.5) is 0 Å². The third-order valence-electron chi connectivity index (χ3n) is 2.72. The van der Waals surface area contributed by atoms with E-state index in [0.29, 0.717) is 0 Å². The van der Waals surface area contributed by atoms with E-state index in [1.807, 2.05) is 0 Å². The molecule has 6 nitrogen and oxygen atoms in total. The average Bonchev–Trinajstić information content (AvgIpc) is 2.58. The maximum atomic E-state index is 11.7. The molecular weight excluding hydrogens is 312 g/mol. The second kappa shape index (κ2) is 14.2. The molecule has 0 aliphatic heterocycles. The van der Waals surface area contributed by atoms with E-state index in [0.717, 1.165) is 0 Å². The van der Waals surface area contributed by atoms with Crippen LogP contribution in [0.2, 0.25) is 0 Å². The number of rotatable bonds is 11. The zero-order valence-corrected chi connectivity index (χ0v) is 14.5. The van der Waals surface area contributed by atoms with E-state index in [4.69, 9.17) is 14.2 Å². The second-order valence-electron chi connectivity index (χ2n) is 4.80. The van der Waals surface area contributed by atoms with Gasteiger partial charge in [-0.15, -0.1) is 0 Å². The van der Waals surface area contributed by atoms with E-state index in [9.17, 15) is 14.4 Å². The van der Waals surface area contributed by atoms with Gasteiger partial charge in [0, 0.05) is 0 Å². The van der Waals surface area contributed by atoms with E-state index >= 15 is 0 Å². The zero-order chi connectivity index (χ0) is 18.2. The smallest absolute Gasteiger partial charge is 0.310 e. The lowest BCUT2D eigenvalue weighted by molar-refractivity contribution is -0.165. The van der Waals surface area contributed by atoms with Gasteiger partial charge in [-0.1, -0.05) is 36.5 Å². The Morgan fingerprint density at radius 1 is 0.708 bits per heavy atom. The summed E-state index contributed by atoms with van der Waals surface area (Å²) < 4.78 is 15.3. The van der Waals surface area contributed by atoms with Crippen molar-refractivity contribution in [2.24, 2.45) is 0 Å². The molecule has 0 spiro atoms. The first-order valence-electron chi connectivity index (χ1n) is 7.87. The van der Waals surface area contributed by atoms with E-state index in [1.165, 1.54) is 0 Å². The summed E-state index contributed by atoms with van der Waals surface area (Å²) in [5.41, 5.74) is 0. The van der Waals surface area contributed by atoms with E-state index in [2.05, 4.69) is 0 Å². The molecule has 0 fully saturated rings. The third-order valence-corrected chi connectivity index (χ3v) is 2.72. The molecule has 0 radical (unpaired) electrons. The Labute approximate surface area is 143 Å². The summed E-state index contributed by atoms with van der Waals surface area (Å²) in [6, 6.07) is 0. The van der Waals surface area contributed by atoms with Crippen LogP contribution in [-0.4, -0.2) is 37.2 Å². The standard InChI is InChI=1S/C18H26O6/c1-4-7-10-16(19)22-13-15(24-18(21)12-9-6-3)14-23-17(20)11-8-5-2/h4-9,15H,10-14H2,1-3H3. The van der Waals surface area contributed by atoms with Crippen LogP contribution in [0, 0.1) is 0 Å². The maximum Gasteiger partial charge on any atom is 0.310 e. The Kier molecular flexibility index (Phi) is 12.8. The Morgan fingerprint density at radius 2 is 1.08 bits per heavy atom. The van der Waals surface area contributed by atoms with Gasteiger partial charge in [0.25, 0.3) is 0 Å². The Balaban J connectivity index is 4.49. The van der Waals surface area contributed by atoms with Crippen molar-refractivity contribution >= 4 is 17.9 Å². The zero-order valence-electron chi connectivity index (χ0n) is 14.5. The van der Waals surface area contributed by atoms with Crippen LogP contribution in [0.15, 0.2) is 36.5 Å². The topological polar surface area (TPSA) is 78.9 Å². The van der Waals surface area contributed by atoms with Gasteiger partial charge in [0.2, 0.25) is 0 Å². The van der Waals surface area contributed by atoms with Crippen molar-refractivity contribution in [3.8, 4) is 0 Å². The summed E-state index contributed by atoms with van der Waals surface area (Å²) in [5, 5.41) is 0. The molecule has 0 atom stereocenters. The van der Waals surface area contributed by atoms with E-state index in [-0.39, 0.29) is 32.5 Å². The summed E-state index contributed by atoms with van der Waals surface area (Å²) in [6.07, 6.45) is 9.71. The van der Waals surface area contributed by atoms with Crippen LogP contribution in [-0.2, 0) is 28.6 Å². The van der Waals surface area contributed by atoms with Crippen molar-refractivity contribution in [3.63, 3.8) is 0 Å². The largest absolute Gasteiger partial charge is 0.461 e. The predicted octanol–water partition coefficient (Wildman–Crippen LogP) is 2.88. The van der Waals surface area contributed by atoms with Gasteiger partial charge in [0.05, 0.1) is 19.3 Å². The fourth-order valence-corrected chi connectivity index (χ4v) is 1.48. The normalized spacial score (nSPS) is 12.6. The molecule has 0 aromatic rings. The Morgan fingerprint density at radius 3 is 1.46 bits per heavy atom. The molecule has 0 N–H and O–H groups in total. The first-order chi connectivity index (χ1) is 11.5. The van der Waals surface area contributed by atoms with Crippen LogP contribution >= 0.6 is 0 Å². The van der Waals surface area contributed by atoms with Crippen LogP contribution < -0.4 is 0 Å². The van der Waals surface area contributed by atoms with E-state index in [1.54, 1.807) is 57.2 Å². The predicted molar refractivity (Wildman–Crippen MR) is 90.1 cm³/mol. The maximum absolute atomic E-state index is 11.7. The molecule has 0 rings (SSSR count). The minimum Gasteiger partial charge on any atom is -0.461 e. The fourth-order valence-electron chi connectivity index (χ4n) is 1.48. The van der Waals surface area contributed by atoms with Crippen molar-refractivity contribution in [2.75, 3.05) is 13.2 Å². The van der Waals surface area contributed by atoms with Gasteiger partial charge >= 0.3 is 17.9 Å². The Hall–Kier alpha value is -2.37. The highest BCUT2D eigenvalue weighted by Crippen LogP contribution is 2.02. The number of allylic oxidation sites excluding steroid dienone is 3. The van der Waals surface area contributed by atoms with E-state index < -0.39 is 24.0 Å². The lowest BCUT2D eigenvalue weighted by Gasteiger charge is -2.17. The van der Waals surface area contributed by atoms with Gasteiger partial charge in [0.15, 0.2) is 6.10 Å². The number of hydrogen-bond donors (Lipinski definition) is 0. The van der Waals surface area contributed by atoms with Gasteiger partial charge < -0.3 is 14.2 Å². The summed E-state index contributed by atoms with van der Waals surface area (Å²) in [4.78, 5) is 34.7. The molecule has 134 valence electrons. The van der Waals surface area contributed by atoms with Crippen LogP contribution in [0.3, 0.4) is 0 Å². The van der Waals surface area contributed by atoms with Gasteiger partial charge in [-0.2, -0.15) is 0 Å². The molecule has 0 aliphatic rings. The minimum atomic E-state index is -0.827. The molecule has 0 aliphatic carbocycles. The van der Waals surface area contributed by atoms with Crippen molar-refractivity contribution in [3.05, 3.63) is 36.5 Å². The van der Waals surface area contributed by atoms with Gasteiger partial charge in [-0.3, -0.25) is 14.4 Å². The lowest BCUT2D eigenvalue weighted by atomic mass is 10.3. The fraction of sp³-hybridized carbons (Fsp3) is 0.500.